The van der Waals surface area contributed by atoms with E-state index in [1.807, 2.05) is 11.8 Å². The minimum absolute atomic E-state index is 0.209. The van der Waals surface area contributed by atoms with Crippen molar-refractivity contribution in [2.24, 2.45) is 0 Å². The van der Waals surface area contributed by atoms with Gasteiger partial charge in [-0.2, -0.15) is 0 Å². The minimum atomic E-state index is -0.209. The molecule has 2 rings (SSSR count). The summed E-state index contributed by atoms with van der Waals surface area (Å²) in [5.74, 6) is 0.331. The van der Waals surface area contributed by atoms with Crippen LogP contribution in [0.5, 0.6) is 0 Å². The molecule has 126 valence electrons. The standard InChI is InChI=1S/C15H23N5O3/c1-12-10-13(14(22)16-4-3-9-23-2)18-15(17-12)20-7-5-19(11-21)6-8-20/h10-11H,3-9H2,1-2H3,(H,16,22). The highest BCUT2D eigenvalue weighted by Gasteiger charge is 2.19. The first-order valence-electron chi connectivity index (χ1n) is 7.71. The van der Waals surface area contributed by atoms with E-state index in [1.54, 1.807) is 18.1 Å². The Kier molecular flexibility index (Phi) is 6.28. The highest BCUT2D eigenvalue weighted by Crippen LogP contribution is 2.12. The number of anilines is 1. The molecule has 8 nitrogen and oxygen atoms in total. The van der Waals surface area contributed by atoms with E-state index in [0.717, 1.165) is 18.5 Å². The lowest BCUT2D eigenvalue weighted by atomic mass is 10.3. The van der Waals surface area contributed by atoms with Crippen LogP contribution in [0, 0.1) is 6.92 Å². The van der Waals surface area contributed by atoms with Crippen LogP contribution in [0.15, 0.2) is 6.07 Å². The molecule has 0 bridgehead atoms. The predicted octanol–water partition coefficient (Wildman–Crippen LogP) is -0.170. The summed E-state index contributed by atoms with van der Waals surface area (Å²) in [7, 11) is 1.63. The van der Waals surface area contributed by atoms with E-state index < -0.39 is 0 Å². The average Bonchev–Trinajstić information content (AvgIpc) is 2.58. The molecule has 0 aliphatic carbocycles. The van der Waals surface area contributed by atoms with Crippen molar-refractivity contribution in [3.63, 3.8) is 0 Å². The summed E-state index contributed by atoms with van der Waals surface area (Å²) in [5, 5.41) is 2.83. The predicted molar refractivity (Wildman–Crippen MR) is 85.4 cm³/mol. The molecule has 0 spiro atoms. The Morgan fingerprint density at radius 3 is 2.74 bits per heavy atom. The summed E-state index contributed by atoms with van der Waals surface area (Å²) in [5.41, 5.74) is 1.11. The van der Waals surface area contributed by atoms with Gasteiger partial charge in [0.05, 0.1) is 0 Å². The maximum atomic E-state index is 12.2. The SMILES string of the molecule is COCCCNC(=O)c1cc(C)nc(N2CCN(C=O)CC2)n1. The fourth-order valence-corrected chi connectivity index (χ4v) is 2.35. The molecule has 1 aliphatic heterocycles. The van der Waals surface area contributed by atoms with Crippen LogP contribution in [-0.4, -0.2) is 73.6 Å². The van der Waals surface area contributed by atoms with Gasteiger partial charge in [0.2, 0.25) is 12.4 Å². The number of methoxy groups -OCH3 is 1. The Bertz CT molecular complexity index is 544. The first-order valence-corrected chi connectivity index (χ1v) is 7.71. The van der Waals surface area contributed by atoms with Crippen LogP contribution >= 0.6 is 0 Å². The smallest absolute Gasteiger partial charge is 0.270 e. The maximum absolute atomic E-state index is 12.2. The molecule has 1 aromatic rings. The second-order valence-electron chi connectivity index (χ2n) is 5.43. The van der Waals surface area contributed by atoms with Crippen LogP contribution in [0.3, 0.4) is 0 Å². The summed E-state index contributed by atoms with van der Waals surface area (Å²) in [6.45, 7) is 5.60. The number of ether oxygens (including phenoxy) is 1. The average molecular weight is 321 g/mol. The highest BCUT2D eigenvalue weighted by atomic mass is 16.5. The number of nitrogens with one attached hydrogen (secondary N) is 1. The van der Waals surface area contributed by atoms with Crippen LogP contribution < -0.4 is 10.2 Å². The zero-order valence-electron chi connectivity index (χ0n) is 13.6. The van der Waals surface area contributed by atoms with Gasteiger partial charge < -0.3 is 19.9 Å². The molecule has 1 saturated heterocycles. The van der Waals surface area contributed by atoms with Gasteiger partial charge in [0.1, 0.15) is 5.69 Å². The lowest BCUT2D eigenvalue weighted by Gasteiger charge is -2.32. The van der Waals surface area contributed by atoms with Gasteiger partial charge in [0, 0.05) is 52.1 Å². The van der Waals surface area contributed by atoms with Crippen LogP contribution in [0.25, 0.3) is 0 Å². The van der Waals surface area contributed by atoms with E-state index in [4.69, 9.17) is 4.74 Å². The monoisotopic (exact) mass is 321 g/mol. The molecule has 1 aliphatic rings. The first-order chi connectivity index (χ1) is 11.1. The van der Waals surface area contributed by atoms with E-state index in [-0.39, 0.29) is 5.91 Å². The molecule has 0 atom stereocenters. The summed E-state index contributed by atoms with van der Waals surface area (Å²) < 4.78 is 4.95. The van der Waals surface area contributed by atoms with Gasteiger partial charge >= 0.3 is 0 Å². The summed E-state index contributed by atoms with van der Waals surface area (Å²) in [6.07, 6.45) is 1.61. The first kappa shape index (κ1) is 17.1. The van der Waals surface area contributed by atoms with Crippen molar-refractivity contribution in [1.82, 2.24) is 20.2 Å². The zero-order chi connectivity index (χ0) is 16.7. The molecule has 0 saturated carbocycles. The van der Waals surface area contributed by atoms with Crippen molar-refractivity contribution in [3.8, 4) is 0 Å². The fraction of sp³-hybridized carbons (Fsp3) is 0.600. The molecule has 0 aromatic carbocycles. The third kappa shape index (κ3) is 4.88. The van der Waals surface area contributed by atoms with E-state index >= 15 is 0 Å². The van der Waals surface area contributed by atoms with E-state index in [0.29, 0.717) is 51.0 Å². The lowest BCUT2D eigenvalue weighted by molar-refractivity contribution is -0.118. The van der Waals surface area contributed by atoms with Crippen molar-refractivity contribution in [2.75, 3.05) is 51.3 Å². The maximum Gasteiger partial charge on any atom is 0.270 e. The van der Waals surface area contributed by atoms with Crippen LogP contribution in [-0.2, 0) is 9.53 Å². The molecule has 0 radical (unpaired) electrons. The van der Waals surface area contributed by atoms with E-state index in [1.165, 1.54) is 0 Å². The molecular weight excluding hydrogens is 298 g/mol. The minimum Gasteiger partial charge on any atom is -0.385 e. The fourth-order valence-electron chi connectivity index (χ4n) is 2.35. The number of carbonyl (C=O) groups excluding carboxylic acids is 2. The van der Waals surface area contributed by atoms with Crippen molar-refractivity contribution in [1.29, 1.82) is 0 Å². The van der Waals surface area contributed by atoms with E-state index in [9.17, 15) is 9.59 Å². The largest absolute Gasteiger partial charge is 0.385 e. The molecule has 2 heterocycles. The number of hydrogen-bond acceptors (Lipinski definition) is 6. The Hall–Kier alpha value is -2.22. The Morgan fingerprint density at radius 2 is 2.09 bits per heavy atom. The van der Waals surface area contributed by atoms with Crippen molar-refractivity contribution in [3.05, 3.63) is 17.5 Å². The number of aromatic nitrogens is 2. The summed E-state index contributed by atoms with van der Waals surface area (Å²) in [6, 6.07) is 1.68. The normalized spacial score (nSPS) is 14.7. The van der Waals surface area contributed by atoms with Gasteiger partial charge in [-0.1, -0.05) is 0 Å². The second kappa shape index (κ2) is 8.42. The number of piperazine rings is 1. The molecule has 1 fully saturated rings. The van der Waals surface area contributed by atoms with Crippen LogP contribution in [0.2, 0.25) is 0 Å². The Labute approximate surface area is 135 Å². The third-order valence-corrected chi connectivity index (χ3v) is 3.63. The van der Waals surface area contributed by atoms with Crippen molar-refractivity contribution < 1.29 is 14.3 Å². The Balaban J connectivity index is 2.01. The molecule has 0 unspecified atom stereocenters. The second-order valence-corrected chi connectivity index (χ2v) is 5.43. The van der Waals surface area contributed by atoms with Gasteiger partial charge in [0.25, 0.3) is 5.91 Å². The lowest BCUT2D eigenvalue weighted by Crippen LogP contribution is -2.46. The number of nitrogens with zero attached hydrogens (tertiary/aromatic N) is 4. The van der Waals surface area contributed by atoms with Gasteiger partial charge in [-0.05, 0) is 19.4 Å². The van der Waals surface area contributed by atoms with Crippen LogP contribution in [0.1, 0.15) is 22.6 Å². The number of rotatable bonds is 7. The molecule has 1 N–H and O–H groups in total. The molecule has 23 heavy (non-hydrogen) atoms. The van der Waals surface area contributed by atoms with Gasteiger partial charge in [-0.25, -0.2) is 9.97 Å². The van der Waals surface area contributed by atoms with Gasteiger partial charge in [-0.15, -0.1) is 0 Å². The van der Waals surface area contributed by atoms with Crippen LogP contribution in [0.4, 0.5) is 5.95 Å². The summed E-state index contributed by atoms with van der Waals surface area (Å²) >= 11 is 0. The van der Waals surface area contributed by atoms with Gasteiger partial charge in [0.15, 0.2) is 0 Å². The zero-order valence-corrected chi connectivity index (χ0v) is 13.6. The number of aryl methyl sites for hydroxylation is 1. The third-order valence-electron chi connectivity index (χ3n) is 3.63. The van der Waals surface area contributed by atoms with Gasteiger partial charge in [-0.3, -0.25) is 9.59 Å². The summed E-state index contributed by atoms with van der Waals surface area (Å²) in [4.78, 5) is 35.4. The Morgan fingerprint density at radius 1 is 1.35 bits per heavy atom. The van der Waals surface area contributed by atoms with Crippen molar-refractivity contribution in [2.45, 2.75) is 13.3 Å². The molecule has 1 aromatic heterocycles. The van der Waals surface area contributed by atoms with Crippen molar-refractivity contribution >= 4 is 18.3 Å². The topological polar surface area (TPSA) is 87.7 Å². The number of hydrogen-bond donors (Lipinski definition) is 1. The number of amides is 2. The quantitative estimate of drug-likeness (QED) is 0.554. The molecular formula is C15H23N5O3. The molecule has 8 heteroatoms. The number of carbonyl (C=O) groups is 2. The van der Waals surface area contributed by atoms with E-state index in [2.05, 4.69) is 15.3 Å². The highest BCUT2D eigenvalue weighted by molar-refractivity contribution is 5.92. The molecule has 2 amide bonds.